The van der Waals surface area contributed by atoms with Crippen LogP contribution in [-0.2, 0) is 0 Å². The van der Waals surface area contributed by atoms with E-state index in [4.69, 9.17) is 22.1 Å². The molecular weight excluding hydrogens is 222 g/mol. The topological polar surface area (TPSA) is 35.2 Å². The summed E-state index contributed by atoms with van der Waals surface area (Å²) in [7, 11) is 0. The predicted molar refractivity (Wildman–Crippen MR) is 69.2 cm³/mol. The van der Waals surface area contributed by atoms with Crippen LogP contribution in [0.25, 0.3) is 0 Å². The lowest BCUT2D eigenvalue weighted by molar-refractivity contribution is 0.304. The Morgan fingerprint density at radius 3 is 2.75 bits per heavy atom. The Bertz CT molecular complexity index is 326. The second-order valence-corrected chi connectivity index (χ2v) is 4.66. The molecule has 90 valence electrons. The maximum Gasteiger partial charge on any atom is 0.137 e. The van der Waals surface area contributed by atoms with Crippen molar-refractivity contribution < 1.29 is 4.74 Å². The maximum atomic E-state index is 6.05. The van der Waals surface area contributed by atoms with Crippen LogP contribution in [-0.4, -0.2) is 12.6 Å². The molecule has 0 heterocycles. The fourth-order valence-corrected chi connectivity index (χ4v) is 1.76. The first-order valence-corrected chi connectivity index (χ1v) is 6.12. The molecule has 0 fully saturated rings. The summed E-state index contributed by atoms with van der Waals surface area (Å²) in [5.74, 6) is 0.771. The summed E-state index contributed by atoms with van der Waals surface area (Å²) in [6.07, 6.45) is 3.16. The molecule has 16 heavy (non-hydrogen) atoms. The standard InChI is InChI=1S/C13H20ClNO/c1-10-6-7-13(12(14)9-10)16-8-4-3-5-11(2)15/h6-7,9,11H,3-5,8,15H2,1-2H3. The monoisotopic (exact) mass is 241 g/mol. The van der Waals surface area contributed by atoms with Crippen molar-refractivity contribution in [3.8, 4) is 5.75 Å². The van der Waals surface area contributed by atoms with E-state index in [9.17, 15) is 0 Å². The van der Waals surface area contributed by atoms with Gasteiger partial charge < -0.3 is 10.5 Å². The second-order valence-electron chi connectivity index (χ2n) is 4.26. The van der Waals surface area contributed by atoms with Crippen molar-refractivity contribution in [3.05, 3.63) is 28.8 Å². The van der Waals surface area contributed by atoms with E-state index in [-0.39, 0.29) is 6.04 Å². The molecule has 0 aliphatic carbocycles. The molecule has 1 aromatic carbocycles. The third-order valence-electron chi connectivity index (χ3n) is 2.40. The third-order valence-corrected chi connectivity index (χ3v) is 2.69. The molecule has 0 aromatic heterocycles. The van der Waals surface area contributed by atoms with Gasteiger partial charge in [-0.15, -0.1) is 0 Å². The largest absolute Gasteiger partial charge is 0.492 e. The molecule has 0 saturated heterocycles. The van der Waals surface area contributed by atoms with E-state index in [1.54, 1.807) is 0 Å². The second kappa shape index (κ2) is 6.77. The molecule has 0 spiro atoms. The molecule has 0 aliphatic heterocycles. The van der Waals surface area contributed by atoms with E-state index in [1.807, 2.05) is 32.0 Å². The minimum absolute atomic E-state index is 0.281. The highest BCUT2D eigenvalue weighted by Gasteiger charge is 2.01. The van der Waals surface area contributed by atoms with Gasteiger partial charge in [0.25, 0.3) is 0 Å². The number of halogens is 1. The minimum Gasteiger partial charge on any atom is -0.492 e. The highest BCUT2D eigenvalue weighted by Crippen LogP contribution is 2.25. The average molecular weight is 242 g/mol. The number of hydrogen-bond donors (Lipinski definition) is 1. The predicted octanol–water partition coefficient (Wildman–Crippen LogP) is 3.54. The average Bonchev–Trinajstić information content (AvgIpc) is 2.20. The number of aryl methyl sites for hydroxylation is 1. The van der Waals surface area contributed by atoms with E-state index in [0.29, 0.717) is 11.6 Å². The molecule has 1 aromatic rings. The van der Waals surface area contributed by atoms with Crippen LogP contribution < -0.4 is 10.5 Å². The maximum absolute atomic E-state index is 6.05. The van der Waals surface area contributed by atoms with Crippen molar-refractivity contribution >= 4 is 11.6 Å². The molecule has 1 unspecified atom stereocenters. The first-order chi connectivity index (χ1) is 7.59. The van der Waals surface area contributed by atoms with Gasteiger partial charge in [0, 0.05) is 6.04 Å². The lowest BCUT2D eigenvalue weighted by Crippen LogP contribution is -2.14. The summed E-state index contributed by atoms with van der Waals surface area (Å²) in [6.45, 7) is 4.74. The highest BCUT2D eigenvalue weighted by atomic mass is 35.5. The SMILES string of the molecule is Cc1ccc(OCCCCC(C)N)c(Cl)c1. The fraction of sp³-hybridized carbons (Fsp3) is 0.538. The fourth-order valence-electron chi connectivity index (χ4n) is 1.47. The molecule has 0 saturated carbocycles. The van der Waals surface area contributed by atoms with Crippen molar-refractivity contribution in [2.45, 2.75) is 39.2 Å². The van der Waals surface area contributed by atoms with Gasteiger partial charge in [-0.1, -0.05) is 17.7 Å². The molecule has 2 nitrogen and oxygen atoms in total. The first-order valence-electron chi connectivity index (χ1n) is 5.74. The Morgan fingerprint density at radius 1 is 1.38 bits per heavy atom. The highest BCUT2D eigenvalue weighted by molar-refractivity contribution is 6.32. The smallest absolute Gasteiger partial charge is 0.137 e. The van der Waals surface area contributed by atoms with E-state index < -0.39 is 0 Å². The van der Waals surface area contributed by atoms with Crippen molar-refractivity contribution in [1.82, 2.24) is 0 Å². The molecule has 1 atom stereocenters. The van der Waals surface area contributed by atoms with E-state index in [0.717, 1.165) is 30.6 Å². The van der Waals surface area contributed by atoms with E-state index >= 15 is 0 Å². The van der Waals surface area contributed by atoms with Gasteiger partial charge in [0.2, 0.25) is 0 Å². The van der Waals surface area contributed by atoms with Crippen LogP contribution in [0, 0.1) is 6.92 Å². The molecule has 2 N–H and O–H groups in total. The molecule has 0 amide bonds. The van der Waals surface area contributed by atoms with Crippen LogP contribution in [0.1, 0.15) is 31.7 Å². The van der Waals surface area contributed by atoms with Gasteiger partial charge in [-0.05, 0) is 50.8 Å². The minimum atomic E-state index is 0.281. The van der Waals surface area contributed by atoms with Gasteiger partial charge >= 0.3 is 0 Å². The molecule has 0 radical (unpaired) electrons. The van der Waals surface area contributed by atoms with Gasteiger partial charge in [-0.3, -0.25) is 0 Å². The summed E-state index contributed by atoms with van der Waals surface area (Å²) in [4.78, 5) is 0. The summed E-state index contributed by atoms with van der Waals surface area (Å²) >= 11 is 6.05. The van der Waals surface area contributed by atoms with Crippen LogP contribution in [0.3, 0.4) is 0 Å². The summed E-state index contributed by atoms with van der Waals surface area (Å²) < 4.78 is 5.60. The Morgan fingerprint density at radius 2 is 2.12 bits per heavy atom. The van der Waals surface area contributed by atoms with Gasteiger partial charge in [0.1, 0.15) is 5.75 Å². The van der Waals surface area contributed by atoms with Crippen LogP contribution in [0.15, 0.2) is 18.2 Å². The van der Waals surface area contributed by atoms with Gasteiger partial charge in [0.15, 0.2) is 0 Å². The van der Waals surface area contributed by atoms with Crippen LogP contribution >= 0.6 is 11.6 Å². The molecule has 1 rings (SSSR count). The van der Waals surface area contributed by atoms with Gasteiger partial charge in [-0.2, -0.15) is 0 Å². The van der Waals surface area contributed by atoms with Crippen LogP contribution in [0.2, 0.25) is 5.02 Å². The number of rotatable bonds is 6. The first kappa shape index (κ1) is 13.3. The van der Waals surface area contributed by atoms with Crippen molar-refractivity contribution in [3.63, 3.8) is 0 Å². The van der Waals surface area contributed by atoms with Gasteiger partial charge in [-0.25, -0.2) is 0 Å². The Labute approximate surface area is 103 Å². The quantitative estimate of drug-likeness (QED) is 0.774. The van der Waals surface area contributed by atoms with Crippen LogP contribution in [0.4, 0.5) is 0 Å². The number of hydrogen-bond acceptors (Lipinski definition) is 2. The zero-order chi connectivity index (χ0) is 12.0. The number of nitrogens with two attached hydrogens (primary N) is 1. The Kier molecular flexibility index (Phi) is 5.64. The molecule has 3 heteroatoms. The zero-order valence-electron chi connectivity index (χ0n) is 10.0. The molecule has 0 bridgehead atoms. The number of benzene rings is 1. The van der Waals surface area contributed by atoms with Crippen molar-refractivity contribution in [2.24, 2.45) is 5.73 Å². The number of ether oxygens (including phenoxy) is 1. The third kappa shape index (κ3) is 4.86. The lowest BCUT2D eigenvalue weighted by atomic mass is 10.1. The lowest BCUT2D eigenvalue weighted by Gasteiger charge is -2.09. The normalized spacial score (nSPS) is 12.5. The summed E-state index contributed by atoms with van der Waals surface area (Å²) in [5.41, 5.74) is 6.81. The van der Waals surface area contributed by atoms with Crippen LogP contribution in [0.5, 0.6) is 5.75 Å². The van der Waals surface area contributed by atoms with E-state index in [1.165, 1.54) is 0 Å². The molecule has 0 aliphatic rings. The number of unbranched alkanes of at least 4 members (excludes halogenated alkanes) is 1. The van der Waals surface area contributed by atoms with Gasteiger partial charge in [0.05, 0.1) is 11.6 Å². The zero-order valence-corrected chi connectivity index (χ0v) is 10.8. The summed E-state index contributed by atoms with van der Waals surface area (Å²) in [5, 5.41) is 0.687. The molecular formula is C13H20ClNO. The van der Waals surface area contributed by atoms with Crippen molar-refractivity contribution in [1.29, 1.82) is 0 Å². The Hall–Kier alpha value is -0.730. The van der Waals surface area contributed by atoms with E-state index in [2.05, 4.69) is 0 Å². The van der Waals surface area contributed by atoms with Crippen molar-refractivity contribution in [2.75, 3.05) is 6.61 Å². The Balaban J connectivity index is 2.27. The summed E-state index contributed by atoms with van der Waals surface area (Å²) in [6, 6.07) is 6.12.